The molecule has 0 bridgehead atoms. The van der Waals surface area contributed by atoms with Gasteiger partial charge in [0.1, 0.15) is 73.2 Å². The fraction of sp³-hybridized carbons (Fsp3) is 0.863. The molecule has 0 amide bonds. The highest BCUT2D eigenvalue weighted by Gasteiger charge is 2.72. The van der Waals surface area contributed by atoms with Gasteiger partial charge in [0.25, 0.3) is 5.79 Å². The Morgan fingerprint density at radius 1 is 0.613 bits per heavy atom. The summed E-state index contributed by atoms with van der Waals surface area (Å²) in [5.41, 5.74) is -4.98. The second kappa shape index (κ2) is 31.8. The molecule has 10 aliphatic rings. The van der Waals surface area contributed by atoms with Gasteiger partial charge in [-0.15, -0.1) is 0 Å². The van der Waals surface area contributed by atoms with Crippen LogP contribution in [-0.4, -0.2) is 270 Å². The number of aliphatic hydroxyl groups is 12. The van der Waals surface area contributed by atoms with Crippen molar-refractivity contribution in [3.63, 3.8) is 0 Å². The van der Waals surface area contributed by atoms with Gasteiger partial charge in [-0.3, -0.25) is 24.0 Å². The summed E-state index contributed by atoms with van der Waals surface area (Å²) in [4.78, 5) is 83.7. The van der Waals surface area contributed by atoms with Gasteiger partial charge in [0.15, 0.2) is 42.6 Å². The molecule has 33 heteroatoms. The molecule has 17 unspecified atom stereocenters. The van der Waals surface area contributed by atoms with Crippen molar-refractivity contribution in [2.75, 3.05) is 26.9 Å². The van der Waals surface area contributed by atoms with Crippen LogP contribution in [0, 0.1) is 62.1 Å². The summed E-state index contributed by atoms with van der Waals surface area (Å²) in [7, 11) is 1.28. The van der Waals surface area contributed by atoms with Gasteiger partial charge in [0, 0.05) is 18.8 Å². The number of carbonyl (C=O) groups is 6. The predicted octanol–water partition coefficient (Wildman–Crippen LogP) is 0.650. The smallest absolute Gasteiger partial charge is 0.364 e. The topological polar surface area (TPSA) is 495 Å². The molecule has 106 heavy (non-hydrogen) atoms. The Balaban J connectivity index is 1.02. The summed E-state index contributed by atoms with van der Waals surface area (Å²) in [5.74, 6) is -12.3. The van der Waals surface area contributed by atoms with Crippen LogP contribution in [0.3, 0.4) is 0 Å². The molecule has 33 nitrogen and oxygen atoms in total. The van der Waals surface area contributed by atoms with Crippen LogP contribution < -0.4 is 0 Å². The molecular weight excluding hydrogens is 1400 g/mol. The second-order valence-corrected chi connectivity index (χ2v) is 32.6. The molecule has 0 radical (unpaired) electrons. The van der Waals surface area contributed by atoms with Gasteiger partial charge >= 0.3 is 35.8 Å². The number of rotatable bonds is 22. The number of ether oxygens (including phenoxy) is 14. The zero-order valence-electron chi connectivity index (χ0n) is 62.5. The molecule has 5 aliphatic carbocycles. The second-order valence-electron chi connectivity index (χ2n) is 32.6. The van der Waals surface area contributed by atoms with E-state index in [9.17, 15) is 90.4 Å². The lowest BCUT2D eigenvalue weighted by Gasteiger charge is -2.71. The number of esters is 5. The van der Waals surface area contributed by atoms with Gasteiger partial charge in [-0.2, -0.15) is 0 Å². The largest absolute Gasteiger partial charge is 0.477 e. The van der Waals surface area contributed by atoms with Crippen LogP contribution in [0.2, 0.25) is 0 Å². The maximum Gasteiger partial charge on any atom is 0.364 e. The average Bonchev–Trinajstić information content (AvgIpc) is 0.673. The van der Waals surface area contributed by atoms with Crippen LogP contribution in [0.25, 0.3) is 0 Å². The molecule has 5 heterocycles. The quantitative estimate of drug-likeness (QED) is 0.0306. The molecule has 8 fully saturated rings. The summed E-state index contributed by atoms with van der Waals surface area (Å²) < 4.78 is 85.8. The van der Waals surface area contributed by atoms with Crippen molar-refractivity contribution in [2.45, 2.75) is 308 Å². The number of methoxy groups -OCH3 is 1. The van der Waals surface area contributed by atoms with E-state index < -0.39 is 258 Å². The molecule has 602 valence electrons. The Bertz CT molecular complexity index is 3260. The summed E-state index contributed by atoms with van der Waals surface area (Å²) in [5, 5.41) is 143. The number of aliphatic hydroxyl groups excluding tert-OH is 11. The number of carbonyl (C=O) groups excluding carboxylic acids is 5. The van der Waals surface area contributed by atoms with Crippen molar-refractivity contribution in [1.82, 2.24) is 0 Å². The van der Waals surface area contributed by atoms with Crippen LogP contribution in [0.1, 0.15) is 167 Å². The van der Waals surface area contributed by atoms with Crippen LogP contribution in [-0.2, 0) is 95.1 Å². The number of hydrogen-bond acceptors (Lipinski definition) is 32. The maximum atomic E-state index is 16.4. The van der Waals surface area contributed by atoms with E-state index in [-0.39, 0.29) is 57.0 Å². The van der Waals surface area contributed by atoms with E-state index in [1.165, 1.54) is 27.9 Å². The third kappa shape index (κ3) is 14.8. The molecule has 0 aromatic carbocycles. The first kappa shape index (κ1) is 83.8. The SMILES string of the molecule is CC[C@H](C)C(=O)OC1=C(O[C@@H]2OC(CO)[C@@H](O)C(O)C2O)C(O[C@@H]2OC(C)[C@H](O)C(OC(=O)[C@@H](C)CC)C2O)[C@H](OC(=O)[C@]23CC[C@](C)(C(=O)OC)CC2C2=CCC4[C@@]5(C)CC[C@H](O[C@@H]6OC(O)(C(=O)O)CC(O)C6O[C@@H]6OC(CO)[C@H](O)C(O)C6O)[C@@](C)(COC(C)=O)C5CC[C@@]4(C)[C@]2(C)CC3)OC1C. The lowest BCUT2D eigenvalue weighted by atomic mass is 9.33. The van der Waals surface area contributed by atoms with E-state index in [1.807, 2.05) is 6.92 Å². The summed E-state index contributed by atoms with van der Waals surface area (Å²) in [6.07, 6.45) is -34.7. The van der Waals surface area contributed by atoms with Crippen LogP contribution in [0.5, 0.6) is 0 Å². The standard InChI is InChI=1S/C73H112O33/c1-14-31(3)57(86)100-52-34(6)96-62(56(55(52)103-60-50(84)48(82)46(80)40(29-75)98-60)104-61-51(85)54(44(78)33(5)95-61)101-58(87)32(4)15-2)105-66(91)72-24-22-67(8,65(90)93-13)26-37(72)36-16-17-42-68(9)20-19-43(69(10,30-94-35(7)76)41(68)18-21-71(42,12)70(36,11)23-25-72)99-63-53(38(77)27-73(92,106-63)64(88)89)102-59-49(83)47(81)45(79)39(28-74)97-59/h16,31-34,37-51,53-54,56,59-63,74-75,77-85,92H,14-15,17-30H2,1-13H3,(H,88,89)/t31-,32-,33?,34?,37?,38?,39?,40?,41?,42?,43-,44-,45-,46+,47?,48?,49?,50?,51?,53?,54?,56?,59-,60-,61-,62-,63+,67-,68-,69-,70+,71+,72-,73?/m0/s1. The Kier molecular flexibility index (Phi) is 25.1. The third-order valence-corrected chi connectivity index (χ3v) is 26.4. The fourth-order valence-electron chi connectivity index (χ4n) is 19.1. The molecular formula is C73H112O33. The van der Waals surface area contributed by atoms with Gasteiger partial charge in [-0.05, 0) is 132 Å². The minimum Gasteiger partial charge on any atom is -0.477 e. The van der Waals surface area contributed by atoms with E-state index in [1.54, 1.807) is 34.6 Å². The first-order chi connectivity index (χ1) is 49.6. The summed E-state index contributed by atoms with van der Waals surface area (Å²) in [6, 6.07) is 0. The summed E-state index contributed by atoms with van der Waals surface area (Å²) in [6.45, 7) is 18.9. The number of fused-ring (bicyclic) bond motifs is 7. The van der Waals surface area contributed by atoms with Crippen molar-refractivity contribution in [3.8, 4) is 0 Å². The van der Waals surface area contributed by atoms with Gasteiger partial charge in [0.05, 0.1) is 67.9 Å². The van der Waals surface area contributed by atoms with Gasteiger partial charge < -0.3 is 133 Å². The van der Waals surface area contributed by atoms with Crippen molar-refractivity contribution in [2.24, 2.45) is 62.1 Å². The number of aliphatic carboxylic acids is 1. The molecule has 0 aromatic heterocycles. The van der Waals surface area contributed by atoms with Gasteiger partial charge in [-0.25, -0.2) is 4.79 Å². The van der Waals surface area contributed by atoms with E-state index in [2.05, 4.69) is 26.8 Å². The Morgan fingerprint density at radius 2 is 1.22 bits per heavy atom. The molecule has 0 aromatic rings. The number of allylic oxidation sites excluding steroid dienone is 2. The first-order valence-electron chi connectivity index (χ1n) is 37.2. The minimum absolute atomic E-state index is 0.0457. The van der Waals surface area contributed by atoms with E-state index in [0.29, 0.717) is 38.5 Å². The van der Waals surface area contributed by atoms with Crippen LogP contribution in [0.4, 0.5) is 0 Å². The molecule has 10 rings (SSSR count). The molecule has 5 aliphatic heterocycles. The summed E-state index contributed by atoms with van der Waals surface area (Å²) >= 11 is 0. The molecule has 0 spiro atoms. The van der Waals surface area contributed by atoms with Crippen molar-refractivity contribution >= 4 is 35.8 Å². The number of carboxylic acids is 1. The van der Waals surface area contributed by atoms with Crippen molar-refractivity contribution in [3.05, 3.63) is 23.2 Å². The highest BCUT2D eigenvalue weighted by atomic mass is 16.8. The highest BCUT2D eigenvalue weighted by molar-refractivity contribution is 5.82. The van der Waals surface area contributed by atoms with Crippen LogP contribution >= 0.6 is 0 Å². The third-order valence-electron chi connectivity index (χ3n) is 26.4. The van der Waals surface area contributed by atoms with E-state index in [0.717, 1.165) is 5.57 Å². The zero-order chi connectivity index (χ0) is 78.2. The number of hydrogen-bond donors (Lipinski definition) is 13. The van der Waals surface area contributed by atoms with Crippen molar-refractivity contribution < 1.29 is 161 Å². The molecule has 4 saturated heterocycles. The fourth-order valence-corrected chi connectivity index (χ4v) is 19.1. The molecule has 4 saturated carbocycles. The molecule has 13 N–H and O–H groups in total. The van der Waals surface area contributed by atoms with Crippen LogP contribution in [0.15, 0.2) is 23.2 Å². The van der Waals surface area contributed by atoms with Crippen molar-refractivity contribution in [1.29, 1.82) is 0 Å². The normalized spacial score (nSPS) is 47.2. The average molecular weight is 1520 g/mol. The lowest BCUT2D eigenvalue weighted by Crippen LogP contribution is -2.68. The predicted molar refractivity (Wildman–Crippen MR) is 356 cm³/mol. The van der Waals surface area contributed by atoms with Gasteiger partial charge in [0.2, 0.25) is 12.6 Å². The van der Waals surface area contributed by atoms with Gasteiger partial charge in [-0.1, -0.05) is 67.0 Å². The monoisotopic (exact) mass is 1520 g/mol. The van der Waals surface area contributed by atoms with E-state index in [4.69, 9.17) is 66.3 Å². The van der Waals surface area contributed by atoms with E-state index >= 15 is 4.79 Å². The molecule has 34 atom stereocenters. The minimum atomic E-state index is -3.05. The zero-order valence-corrected chi connectivity index (χ0v) is 62.5. The Hall–Kier alpha value is -4.70. The highest BCUT2D eigenvalue weighted by Crippen LogP contribution is 2.76. The Morgan fingerprint density at radius 3 is 1.82 bits per heavy atom. The number of carboxylic acid groups (broad SMARTS) is 1. The maximum absolute atomic E-state index is 16.4. The first-order valence-corrected chi connectivity index (χ1v) is 37.2. The lowest BCUT2D eigenvalue weighted by molar-refractivity contribution is -0.398. The Labute approximate surface area is 614 Å².